The molecule has 0 saturated carbocycles. The molecule has 0 spiro atoms. The first-order chi connectivity index (χ1) is 7.74. The number of aromatic nitrogens is 1. The van der Waals surface area contributed by atoms with Crippen LogP contribution in [0.25, 0.3) is 0 Å². The first kappa shape index (κ1) is 14.1. The van der Waals surface area contributed by atoms with Crippen LogP contribution in [0.15, 0.2) is 6.07 Å². The van der Waals surface area contributed by atoms with Gasteiger partial charge in [0.25, 0.3) is 6.43 Å². The number of ether oxygens (including phenoxy) is 1. The quantitative estimate of drug-likeness (QED) is 0.468. The van der Waals surface area contributed by atoms with E-state index in [9.17, 15) is 26.7 Å². The molecule has 0 fully saturated rings. The summed E-state index contributed by atoms with van der Waals surface area (Å²) in [5, 5.41) is 0. The minimum absolute atomic E-state index is 0.0127. The Hall–Kier alpha value is -1.00. The minimum atomic E-state index is -5.10. The zero-order valence-corrected chi connectivity index (χ0v) is 9.92. The summed E-state index contributed by atoms with van der Waals surface area (Å²) in [5.74, 6) is -1.11. The summed E-state index contributed by atoms with van der Waals surface area (Å²) in [5.41, 5.74) is -1.58. The lowest BCUT2D eigenvalue weighted by atomic mass is 10.3. The van der Waals surface area contributed by atoms with Gasteiger partial charge in [0.1, 0.15) is 11.4 Å². The zero-order valence-electron chi connectivity index (χ0n) is 7.76. The predicted molar refractivity (Wildman–Crippen MR) is 54.0 cm³/mol. The number of halogens is 6. The van der Waals surface area contributed by atoms with Crippen molar-refractivity contribution in [2.75, 3.05) is 0 Å². The monoisotopic (exact) mass is 367 g/mol. The van der Waals surface area contributed by atoms with Crippen LogP contribution in [-0.2, 0) is 0 Å². The molecule has 1 aromatic rings. The fourth-order valence-corrected chi connectivity index (χ4v) is 1.48. The van der Waals surface area contributed by atoms with Crippen LogP contribution in [0.5, 0.6) is 5.75 Å². The van der Waals surface area contributed by atoms with Gasteiger partial charge in [-0.1, -0.05) is 0 Å². The van der Waals surface area contributed by atoms with E-state index in [0.29, 0.717) is 6.07 Å². The summed E-state index contributed by atoms with van der Waals surface area (Å²) in [4.78, 5) is 13.5. The van der Waals surface area contributed by atoms with Crippen molar-refractivity contribution in [2.45, 2.75) is 12.8 Å². The van der Waals surface area contributed by atoms with Crippen LogP contribution in [0.2, 0.25) is 0 Å². The second-order valence-electron chi connectivity index (χ2n) is 2.71. The van der Waals surface area contributed by atoms with Crippen molar-refractivity contribution < 1.29 is 31.5 Å². The smallest absolute Gasteiger partial charge is 0.404 e. The Morgan fingerprint density at radius 2 is 2.00 bits per heavy atom. The maximum absolute atomic E-state index is 12.4. The number of hydrogen-bond acceptors (Lipinski definition) is 3. The van der Waals surface area contributed by atoms with E-state index in [4.69, 9.17) is 0 Å². The molecular formula is C8H3F5INO2. The molecule has 0 aliphatic rings. The van der Waals surface area contributed by atoms with Crippen LogP contribution in [0.4, 0.5) is 22.0 Å². The topological polar surface area (TPSA) is 39.2 Å². The van der Waals surface area contributed by atoms with Crippen LogP contribution in [0.1, 0.15) is 22.6 Å². The summed E-state index contributed by atoms with van der Waals surface area (Å²) in [6.07, 6.45) is -8.20. The van der Waals surface area contributed by atoms with Gasteiger partial charge in [-0.05, 0) is 28.7 Å². The van der Waals surface area contributed by atoms with Crippen molar-refractivity contribution in [3.63, 3.8) is 0 Å². The molecule has 0 aliphatic heterocycles. The summed E-state index contributed by atoms with van der Waals surface area (Å²) in [6, 6.07) is 0.687. The first-order valence-electron chi connectivity index (χ1n) is 3.94. The number of carbonyl (C=O) groups is 1. The van der Waals surface area contributed by atoms with Crippen LogP contribution >= 0.6 is 22.6 Å². The summed E-state index contributed by atoms with van der Waals surface area (Å²) in [7, 11) is 0. The van der Waals surface area contributed by atoms with Gasteiger partial charge in [0, 0.05) is 3.57 Å². The molecular weight excluding hydrogens is 364 g/mol. The molecule has 0 aromatic carbocycles. The Labute approximate surface area is 105 Å². The fourth-order valence-electron chi connectivity index (χ4n) is 0.947. The molecule has 0 unspecified atom stereocenters. The number of rotatable bonds is 3. The molecule has 1 rings (SSSR count). The van der Waals surface area contributed by atoms with Gasteiger partial charge in [0.2, 0.25) is 0 Å². The summed E-state index contributed by atoms with van der Waals surface area (Å²) < 4.78 is 64.0. The fraction of sp³-hybridized carbons (Fsp3) is 0.250. The van der Waals surface area contributed by atoms with E-state index in [1.165, 1.54) is 22.6 Å². The van der Waals surface area contributed by atoms with Crippen molar-refractivity contribution >= 4 is 28.9 Å². The van der Waals surface area contributed by atoms with Gasteiger partial charge in [-0.25, -0.2) is 13.8 Å². The third-order valence-electron chi connectivity index (χ3n) is 1.54. The number of alkyl halides is 5. The average molecular weight is 367 g/mol. The van der Waals surface area contributed by atoms with E-state index >= 15 is 0 Å². The molecule has 0 aliphatic carbocycles. The first-order valence-corrected chi connectivity index (χ1v) is 5.02. The van der Waals surface area contributed by atoms with E-state index in [1.54, 1.807) is 0 Å². The van der Waals surface area contributed by atoms with Crippen molar-refractivity contribution in [2.24, 2.45) is 0 Å². The maximum atomic E-state index is 12.4. The van der Waals surface area contributed by atoms with Crippen LogP contribution in [0, 0.1) is 3.57 Å². The van der Waals surface area contributed by atoms with Crippen molar-refractivity contribution in [1.29, 1.82) is 0 Å². The van der Waals surface area contributed by atoms with Crippen LogP contribution in [0.3, 0.4) is 0 Å². The molecule has 17 heavy (non-hydrogen) atoms. The van der Waals surface area contributed by atoms with E-state index < -0.39 is 24.2 Å². The third-order valence-corrected chi connectivity index (χ3v) is 2.40. The average Bonchev–Trinajstić information content (AvgIpc) is 2.14. The molecule has 0 bridgehead atoms. The van der Waals surface area contributed by atoms with Gasteiger partial charge in [0.15, 0.2) is 12.0 Å². The molecule has 0 N–H and O–H groups in total. The van der Waals surface area contributed by atoms with E-state index in [2.05, 4.69) is 9.72 Å². The Morgan fingerprint density at radius 1 is 1.41 bits per heavy atom. The van der Waals surface area contributed by atoms with Gasteiger partial charge in [0.05, 0.1) is 0 Å². The van der Waals surface area contributed by atoms with E-state index in [1.807, 2.05) is 0 Å². The summed E-state index contributed by atoms with van der Waals surface area (Å²) >= 11 is 1.49. The van der Waals surface area contributed by atoms with Crippen molar-refractivity contribution in [1.82, 2.24) is 4.98 Å². The predicted octanol–water partition coefficient (Wildman–Crippen LogP) is 3.33. The standard InChI is InChI=1S/C8H3F5INO2/c9-7(10)6-5(17-8(11,12)13)1-3(14)4(2-16)15-6/h1-2,7H. The summed E-state index contributed by atoms with van der Waals surface area (Å²) in [6.45, 7) is 0. The Balaban J connectivity index is 3.28. The van der Waals surface area contributed by atoms with Gasteiger partial charge < -0.3 is 4.74 Å². The lowest BCUT2D eigenvalue weighted by molar-refractivity contribution is -0.275. The van der Waals surface area contributed by atoms with E-state index in [0.717, 1.165) is 0 Å². The van der Waals surface area contributed by atoms with Crippen LogP contribution < -0.4 is 4.74 Å². The molecule has 1 heterocycles. The molecule has 9 heteroatoms. The van der Waals surface area contributed by atoms with Crippen molar-refractivity contribution in [3.05, 3.63) is 21.0 Å². The Kier molecular flexibility index (Phi) is 4.22. The Morgan fingerprint density at radius 3 is 2.41 bits per heavy atom. The minimum Gasteiger partial charge on any atom is -0.404 e. The lowest BCUT2D eigenvalue weighted by Crippen LogP contribution is -2.19. The molecule has 0 saturated heterocycles. The zero-order chi connectivity index (χ0) is 13.2. The van der Waals surface area contributed by atoms with Gasteiger partial charge in [-0.2, -0.15) is 0 Å². The van der Waals surface area contributed by atoms with Gasteiger partial charge in [-0.3, -0.25) is 4.79 Å². The highest BCUT2D eigenvalue weighted by molar-refractivity contribution is 14.1. The molecule has 0 radical (unpaired) electrons. The highest BCUT2D eigenvalue weighted by Crippen LogP contribution is 2.33. The largest absolute Gasteiger partial charge is 0.573 e. The lowest BCUT2D eigenvalue weighted by Gasteiger charge is -2.13. The van der Waals surface area contributed by atoms with Gasteiger partial charge >= 0.3 is 6.36 Å². The highest BCUT2D eigenvalue weighted by Gasteiger charge is 2.34. The molecule has 1 aromatic heterocycles. The highest BCUT2D eigenvalue weighted by atomic mass is 127. The SMILES string of the molecule is O=Cc1nc(C(F)F)c(OC(F)(F)F)cc1I. The maximum Gasteiger partial charge on any atom is 0.573 e. The molecule has 94 valence electrons. The van der Waals surface area contributed by atoms with Crippen LogP contribution in [-0.4, -0.2) is 17.6 Å². The molecule has 3 nitrogen and oxygen atoms in total. The molecule has 0 amide bonds. The normalized spacial score (nSPS) is 11.7. The second kappa shape index (κ2) is 5.10. The number of carbonyl (C=O) groups excluding carboxylic acids is 1. The van der Waals surface area contributed by atoms with E-state index in [-0.39, 0.29) is 15.6 Å². The number of pyridine rings is 1. The van der Waals surface area contributed by atoms with Crippen molar-refractivity contribution in [3.8, 4) is 5.75 Å². The number of aldehydes is 1. The Bertz CT molecular complexity index is 435. The number of nitrogens with zero attached hydrogens (tertiary/aromatic N) is 1. The van der Waals surface area contributed by atoms with Gasteiger partial charge in [-0.15, -0.1) is 13.2 Å². The second-order valence-corrected chi connectivity index (χ2v) is 3.87. The molecule has 0 atom stereocenters. The number of hydrogen-bond donors (Lipinski definition) is 0. The third kappa shape index (κ3) is 3.75.